The van der Waals surface area contributed by atoms with Gasteiger partial charge in [0.15, 0.2) is 0 Å². The number of nitrogen functional groups attached to an aromatic ring is 1. The topological polar surface area (TPSA) is 122 Å². The molecule has 35 heavy (non-hydrogen) atoms. The van der Waals surface area contributed by atoms with Crippen molar-refractivity contribution in [3.8, 4) is 0 Å². The fourth-order valence-corrected chi connectivity index (χ4v) is 5.23. The van der Waals surface area contributed by atoms with Crippen LogP contribution in [0.5, 0.6) is 0 Å². The van der Waals surface area contributed by atoms with Crippen molar-refractivity contribution in [3.63, 3.8) is 0 Å². The Hall–Kier alpha value is -3.50. The number of anilines is 3. The number of fused-ring (bicyclic) bond motifs is 3. The van der Waals surface area contributed by atoms with Gasteiger partial charge >= 0.3 is 0 Å². The average Bonchev–Trinajstić information content (AvgIpc) is 3.25. The Morgan fingerprint density at radius 3 is 2.43 bits per heavy atom. The molecule has 3 aromatic heterocycles. The molecule has 6 rings (SSSR count). The van der Waals surface area contributed by atoms with E-state index in [2.05, 4.69) is 29.7 Å². The number of rotatable bonds is 3. The standard InChI is InChI=1S/C24H26ClN9O/c1-13-29-14(2)31-24(30-13)34-6-5-16-19-18(4-3-17(25)20(19)26)32-21(16)22(34)15-11-27-23(28-12-15)33-7-9-35-10-8-33/h3-4,11-12,22,32H,5-10,26H2,1-2H3. The number of hydrogen-bond donors (Lipinski definition) is 2. The maximum absolute atomic E-state index is 6.42. The van der Waals surface area contributed by atoms with E-state index in [0.717, 1.165) is 47.2 Å². The first kappa shape index (κ1) is 22.0. The fourth-order valence-electron chi connectivity index (χ4n) is 5.08. The first-order valence-electron chi connectivity index (χ1n) is 11.7. The predicted molar refractivity (Wildman–Crippen MR) is 135 cm³/mol. The zero-order valence-electron chi connectivity index (χ0n) is 19.6. The quantitative estimate of drug-likeness (QED) is 0.416. The van der Waals surface area contributed by atoms with Gasteiger partial charge in [0.05, 0.1) is 23.9 Å². The third-order valence-corrected chi connectivity index (χ3v) is 6.98. The van der Waals surface area contributed by atoms with Crippen LogP contribution >= 0.6 is 11.6 Å². The molecule has 4 aromatic rings. The van der Waals surface area contributed by atoms with Crippen LogP contribution in [0.3, 0.4) is 0 Å². The summed E-state index contributed by atoms with van der Waals surface area (Å²) in [6.07, 6.45) is 4.56. The number of hydrogen-bond acceptors (Lipinski definition) is 9. The lowest BCUT2D eigenvalue weighted by Gasteiger charge is -2.36. The summed E-state index contributed by atoms with van der Waals surface area (Å²) in [5.74, 6) is 2.71. The number of benzene rings is 1. The Kier molecular flexibility index (Phi) is 5.42. The molecule has 180 valence electrons. The molecule has 0 spiro atoms. The van der Waals surface area contributed by atoms with E-state index in [0.29, 0.717) is 54.0 Å². The minimum Gasteiger partial charge on any atom is -0.397 e. The van der Waals surface area contributed by atoms with E-state index in [4.69, 9.17) is 32.0 Å². The van der Waals surface area contributed by atoms with Gasteiger partial charge in [-0.15, -0.1) is 0 Å². The summed E-state index contributed by atoms with van der Waals surface area (Å²) in [5.41, 5.74) is 11.1. The summed E-state index contributed by atoms with van der Waals surface area (Å²) >= 11 is 6.38. The van der Waals surface area contributed by atoms with Crippen LogP contribution in [0, 0.1) is 13.8 Å². The second-order valence-electron chi connectivity index (χ2n) is 8.89. The Bertz CT molecular complexity index is 1380. The van der Waals surface area contributed by atoms with E-state index < -0.39 is 0 Å². The number of nitrogens with two attached hydrogens (primary N) is 1. The molecule has 0 aliphatic carbocycles. The van der Waals surface area contributed by atoms with E-state index in [-0.39, 0.29) is 6.04 Å². The van der Waals surface area contributed by atoms with E-state index in [9.17, 15) is 0 Å². The second-order valence-corrected chi connectivity index (χ2v) is 9.30. The molecule has 0 radical (unpaired) electrons. The molecular formula is C24H26ClN9O. The average molecular weight is 492 g/mol. The number of aromatic amines is 1. The van der Waals surface area contributed by atoms with Crippen molar-refractivity contribution in [1.82, 2.24) is 29.9 Å². The minimum absolute atomic E-state index is 0.218. The number of nitrogens with one attached hydrogen (secondary N) is 1. The van der Waals surface area contributed by atoms with Crippen LogP contribution in [-0.4, -0.2) is 62.8 Å². The van der Waals surface area contributed by atoms with Crippen LogP contribution in [0.2, 0.25) is 5.02 Å². The van der Waals surface area contributed by atoms with Gasteiger partial charge in [-0.2, -0.15) is 9.97 Å². The smallest absolute Gasteiger partial charge is 0.229 e. The fraction of sp³-hybridized carbons (Fsp3) is 0.375. The largest absolute Gasteiger partial charge is 0.397 e. The van der Waals surface area contributed by atoms with Crippen LogP contribution in [0.15, 0.2) is 24.5 Å². The molecule has 0 amide bonds. The monoisotopic (exact) mass is 491 g/mol. The van der Waals surface area contributed by atoms with Crippen molar-refractivity contribution in [1.29, 1.82) is 0 Å². The molecule has 10 nitrogen and oxygen atoms in total. The van der Waals surface area contributed by atoms with Crippen molar-refractivity contribution < 1.29 is 4.74 Å². The molecule has 1 fully saturated rings. The van der Waals surface area contributed by atoms with Gasteiger partial charge in [-0.1, -0.05) is 11.6 Å². The van der Waals surface area contributed by atoms with Crippen molar-refractivity contribution >= 4 is 40.1 Å². The normalized spacial score (nSPS) is 18.2. The van der Waals surface area contributed by atoms with Crippen LogP contribution in [-0.2, 0) is 11.2 Å². The number of aromatic nitrogens is 6. The molecule has 1 unspecified atom stereocenters. The molecule has 0 saturated carbocycles. The van der Waals surface area contributed by atoms with Gasteiger partial charge in [-0.05, 0) is 38.0 Å². The molecular weight excluding hydrogens is 466 g/mol. The lowest BCUT2D eigenvalue weighted by atomic mass is 9.93. The van der Waals surface area contributed by atoms with E-state index in [1.54, 1.807) is 0 Å². The molecule has 5 heterocycles. The SMILES string of the molecule is Cc1nc(C)nc(N2CCc3c([nH]c4ccc(Cl)c(N)c34)C2c2cnc(N3CCOCC3)nc2)n1. The summed E-state index contributed by atoms with van der Waals surface area (Å²) in [7, 11) is 0. The summed E-state index contributed by atoms with van der Waals surface area (Å²) in [6.45, 7) is 7.40. The lowest BCUT2D eigenvalue weighted by Crippen LogP contribution is -2.39. The number of halogens is 1. The van der Waals surface area contributed by atoms with Crippen LogP contribution in [0.4, 0.5) is 17.6 Å². The number of nitrogens with zero attached hydrogens (tertiary/aromatic N) is 7. The highest BCUT2D eigenvalue weighted by atomic mass is 35.5. The lowest BCUT2D eigenvalue weighted by molar-refractivity contribution is 0.122. The molecule has 2 aliphatic heterocycles. The number of morpholine rings is 1. The van der Waals surface area contributed by atoms with Gasteiger partial charge in [0, 0.05) is 54.2 Å². The molecule has 3 N–H and O–H groups in total. The third-order valence-electron chi connectivity index (χ3n) is 6.65. The Morgan fingerprint density at radius 2 is 1.71 bits per heavy atom. The van der Waals surface area contributed by atoms with E-state index in [1.807, 2.05) is 38.4 Å². The highest BCUT2D eigenvalue weighted by molar-refractivity contribution is 6.34. The zero-order chi connectivity index (χ0) is 24.1. The zero-order valence-corrected chi connectivity index (χ0v) is 20.4. The molecule has 1 aromatic carbocycles. The van der Waals surface area contributed by atoms with Crippen molar-refractivity contribution in [2.45, 2.75) is 26.3 Å². The van der Waals surface area contributed by atoms with E-state index >= 15 is 0 Å². The van der Waals surface area contributed by atoms with Crippen molar-refractivity contribution in [2.24, 2.45) is 0 Å². The number of ether oxygens (including phenoxy) is 1. The molecule has 0 bridgehead atoms. The van der Waals surface area contributed by atoms with Crippen molar-refractivity contribution in [3.05, 3.63) is 58.0 Å². The van der Waals surface area contributed by atoms with Gasteiger partial charge in [0.1, 0.15) is 17.7 Å². The third kappa shape index (κ3) is 3.82. The van der Waals surface area contributed by atoms with Gasteiger partial charge in [0.25, 0.3) is 0 Å². The first-order valence-corrected chi connectivity index (χ1v) is 12.1. The maximum Gasteiger partial charge on any atom is 0.229 e. The van der Waals surface area contributed by atoms with Crippen LogP contribution < -0.4 is 15.5 Å². The van der Waals surface area contributed by atoms with Gasteiger partial charge in [-0.25, -0.2) is 15.0 Å². The van der Waals surface area contributed by atoms with Crippen LogP contribution in [0.25, 0.3) is 10.9 Å². The molecule has 1 atom stereocenters. The predicted octanol–water partition coefficient (Wildman–Crippen LogP) is 2.98. The molecule has 2 aliphatic rings. The van der Waals surface area contributed by atoms with Gasteiger partial charge in [0.2, 0.25) is 11.9 Å². The Morgan fingerprint density at radius 1 is 1.00 bits per heavy atom. The Labute approximate surface area is 207 Å². The highest BCUT2D eigenvalue weighted by Crippen LogP contribution is 2.42. The highest BCUT2D eigenvalue weighted by Gasteiger charge is 2.35. The summed E-state index contributed by atoms with van der Waals surface area (Å²) in [4.78, 5) is 31.1. The summed E-state index contributed by atoms with van der Waals surface area (Å²) in [6, 6.07) is 3.58. The molecule has 1 saturated heterocycles. The minimum atomic E-state index is -0.218. The van der Waals surface area contributed by atoms with Gasteiger partial charge < -0.3 is 25.3 Å². The maximum atomic E-state index is 6.42. The van der Waals surface area contributed by atoms with E-state index in [1.165, 1.54) is 0 Å². The second kappa shape index (κ2) is 8.62. The van der Waals surface area contributed by atoms with Crippen LogP contribution in [0.1, 0.15) is 34.5 Å². The van der Waals surface area contributed by atoms with Crippen molar-refractivity contribution in [2.75, 3.05) is 48.4 Å². The summed E-state index contributed by atoms with van der Waals surface area (Å²) < 4.78 is 5.46. The molecule has 11 heteroatoms. The Balaban J connectivity index is 1.48. The first-order chi connectivity index (χ1) is 17.0. The van der Waals surface area contributed by atoms with Gasteiger partial charge in [-0.3, -0.25) is 0 Å². The number of aryl methyl sites for hydroxylation is 2. The summed E-state index contributed by atoms with van der Waals surface area (Å²) in [5, 5.41) is 1.53. The number of H-pyrrole nitrogens is 1.